The van der Waals surface area contributed by atoms with Crippen LogP contribution in [0.5, 0.6) is 11.5 Å². The zero-order valence-electron chi connectivity index (χ0n) is 15.8. The fraction of sp³-hybridized carbons (Fsp3) is 0.421. The third-order valence-electron chi connectivity index (χ3n) is 3.43. The number of esters is 1. The van der Waals surface area contributed by atoms with Crippen molar-refractivity contribution >= 4 is 33.4 Å². The van der Waals surface area contributed by atoms with Crippen LogP contribution in [0.15, 0.2) is 27.9 Å². The Morgan fingerprint density at radius 3 is 2.15 bits per heavy atom. The van der Waals surface area contributed by atoms with Crippen LogP contribution in [-0.2, 0) is 20.7 Å². The number of nitrogens with one attached hydrogen (secondary N) is 1. The Morgan fingerprint density at radius 1 is 1.11 bits per heavy atom. The van der Waals surface area contributed by atoms with E-state index in [4.69, 9.17) is 19.6 Å². The zero-order valence-corrected chi connectivity index (χ0v) is 17.4. The van der Waals surface area contributed by atoms with E-state index in [0.29, 0.717) is 34.7 Å². The number of allylic oxidation sites excluding steroid dienone is 1. The van der Waals surface area contributed by atoms with Gasteiger partial charge < -0.3 is 24.7 Å². The van der Waals surface area contributed by atoms with Crippen molar-refractivity contribution in [3.05, 3.63) is 33.5 Å². The van der Waals surface area contributed by atoms with Gasteiger partial charge in [-0.3, -0.25) is 9.59 Å². The first-order valence-corrected chi connectivity index (χ1v) is 9.22. The van der Waals surface area contributed by atoms with E-state index >= 15 is 0 Å². The highest BCUT2D eigenvalue weighted by molar-refractivity contribution is 9.10. The molecule has 0 radical (unpaired) electrons. The average Bonchev–Trinajstić information content (AvgIpc) is 2.56. The lowest BCUT2D eigenvalue weighted by atomic mass is 10.1. The third-order valence-corrected chi connectivity index (χ3v) is 4.17. The minimum atomic E-state index is -0.598. The second-order valence-corrected chi connectivity index (χ2v) is 6.45. The molecule has 1 aromatic carbocycles. The number of halogens is 1. The summed E-state index contributed by atoms with van der Waals surface area (Å²) in [7, 11) is 0. The van der Waals surface area contributed by atoms with E-state index < -0.39 is 24.1 Å². The largest absolute Gasteiger partial charge is 0.508 e. The third kappa shape index (κ3) is 6.71. The molecule has 0 heterocycles. The maximum Gasteiger partial charge on any atom is 0.310 e. The lowest BCUT2D eigenvalue weighted by Crippen LogP contribution is -2.16. The molecule has 0 aliphatic carbocycles. The van der Waals surface area contributed by atoms with Crippen LogP contribution in [-0.4, -0.2) is 42.4 Å². The minimum absolute atomic E-state index is 0.0701. The van der Waals surface area contributed by atoms with Crippen LogP contribution in [0.25, 0.3) is 0 Å². The number of rotatable bonds is 10. The van der Waals surface area contributed by atoms with Crippen molar-refractivity contribution in [3.8, 4) is 11.5 Å². The second-order valence-electron chi connectivity index (χ2n) is 5.60. The molecule has 1 rings (SSSR count). The number of aliphatic hydroxyl groups is 1. The number of carbonyl (C=O) groups excluding carboxylic acids is 2. The Balaban J connectivity index is 2.91. The summed E-state index contributed by atoms with van der Waals surface area (Å²) in [5, 5.41) is 17.4. The van der Waals surface area contributed by atoms with Gasteiger partial charge >= 0.3 is 5.97 Å². The van der Waals surface area contributed by atoms with Crippen molar-refractivity contribution in [1.82, 2.24) is 0 Å². The van der Waals surface area contributed by atoms with E-state index in [1.54, 1.807) is 12.1 Å². The molecule has 0 aliphatic rings. The van der Waals surface area contributed by atoms with Crippen LogP contribution in [0.4, 0.5) is 0 Å². The number of Topliss-reactive ketones (excluding diaryl/α,β-unsaturated/α-hetero) is 1. The summed E-state index contributed by atoms with van der Waals surface area (Å²) in [5.41, 5.74) is 0.390. The maximum atomic E-state index is 12.1. The van der Waals surface area contributed by atoms with Crippen molar-refractivity contribution in [2.75, 3.05) is 19.8 Å². The molecule has 0 aromatic heterocycles. The summed E-state index contributed by atoms with van der Waals surface area (Å²) in [6, 6.07) is 3.42. The molecule has 0 saturated carbocycles. The molecular weight excluding hydrogens is 418 g/mol. The van der Waals surface area contributed by atoms with E-state index in [1.807, 2.05) is 13.8 Å². The molecule has 2 N–H and O–H groups in total. The van der Waals surface area contributed by atoms with Crippen molar-refractivity contribution in [3.63, 3.8) is 0 Å². The van der Waals surface area contributed by atoms with E-state index in [9.17, 15) is 14.7 Å². The molecule has 0 saturated heterocycles. The lowest BCUT2D eigenvalue weighted by molar-refractivity contribution is -0.142. The topological polar surface area (TPSA) is 106 Å². The predicted octanol–water partition coefficient (Wildman–Crippen LogP) is 3.77. The molecule has 0 unspecified atom stereocenters. The van der Waals surface area contributed by atoms with Crippen LogP contribution >= 0.6 is 15.9 Å². The Kier molecular flexibility index (Phi) is 9.00. The summed E-state index contributed by atoms with van der Waals surface area (Å²) in [5.74, 6) is -0.418. The first kappa shape index (κ1) is 22.7. The highest BCUT2D eigenvalue weighted by atomic mass is 79.9. The number of benzene rings is 1. The Morgan fingerprint density at radius 2 is 1.67 bits per heavy atom. The van der Waals surface area contributed by atoms with Crippen LogP contribution in [0.3, 0.4) is 0 Å². The van der Waals surface area contributed by atoms with Crippen molar-refractivity contribution in [2.24, 2.45) is 0 Å². The maximum absolute atomic E-state index is 12.1. The highest BCUT2D eigenvalue weighted by Gasteiger charge is 2.17. The van der Waals surface area contributed by atoms with Crippen molar-refractivity contribution in [1.29, 1.82) is 5.41 Å². The number of hydrogen-bond acceptors (Lipinski definition) is 7. The molecule has 0 atom stereocenters. The number of carbonyl (C=O) groups is 2. The van der Waals surface area contributed by atoms with Gasteiger partial charge in [0, 0.05) is 10.2 Å². The average molecular weight is 442 g/mol. The van der Waals surface area contributed by atoms with Gasteiger partial charge in [0.2, 0.25) is 0 Å². The molecule has 0 spiro atoms. The van der Waals surface area contributed by atoms with Gasteiger partial charge in [-0.05, 0) is 45.4 Å². The normalized spacial score (nSPS) is 11.4. The molecular formula is C19H24BrNO6. The highest BCUT2D eigenvalue weighted by Crippen LogP contribution is 2.34. The predicted molar refractivity (Wildman–Crippen MR) is 105 cm³/mol. The van der Waals surface area contributed by atoms with Crippen LogP contribution < -0.4 is 9.47 Å². The van der Waals surface area contributed by atoms with Gasteiger partial charge in [0.25, 0.3) is 0 Å². The van der Waals surface area contributed by atoms with Gasteiger partial charge in [0.1, 0.15) is 12.4 Å². The Bertz CT molecular complexity index is 741. The summed E-state index contributed by atoms with van der Waals surface area (Å²) in [4.78, 5) is 23.6. The molecule has 7 nitrogen and oxygen atoms in total. The Labute approximate surface area is 166 Å². The van der Waals surface area contributed by atoms with Crippen molar-refractivity contribution < 1.29 is 28.9 Å². The fourth-order valence-corrected chi connectivity index (χ4v) is 2.82. The lowest BCUT2D eigenvalue weighted by Gasteiger charge is -2.14. The standard InChI is InChI=1S/C19H24BrNO6/c1-5-25-16-7-13(14(20)9-17(16)26-6-2)8-18(24)27-10-15(23)19(11(3)21)12(4)22/h7,9,21,23H,5-6,8,10H2,1-4H3/b19-15-,21-11?. The molecule has 0 fully saturated rings. The molecule has 8 heteroatoms. The smallest absolute Gasteiger partial charge is 0.310 e. The SMILES string of the molecule is CCOc1cc(Br)c(CC(=O)OC/C(O)=C(\C(C)=N)C(C)=O)cc1OCC. The minimum Gasteiger partial charge on any atom is -0.508 e. The number of ether oxygens (including phenoxy) is 3. The summed E-state index contributed by atoms with van der Waals surface area (Å²) in [6.45, 7) is 6.76. The van der Waals surface area contributed by atoms with E-state index in [1.165, 1.54) is 13.8 Å². The molecule has 0 bridgehead atoms. The summed E-state index contributed by atoms with van der Waals surface area (Å²) >= 11 is 3.40. The number of aliphatic hydroxyl groups excluding tert-OH is 1. The number of hydrogen-bond donors (Lipinski definition) is 2. The Hall–Kier alpha value is -2.35. The quantitative estimate of drug-likeness (QED) is 0.247. The van der Waals surface area contributed by atoms with Gasteiger partial charge in [0.05, 0.1) is 25.2 Å². The molecule has 1 aromatic rings. The first-order valence-electron chi connectivity index (χ1n) is 8.43. The van der Waals surface area contributed by atoms with Gasteiger partial charge in [-0.15, -0.1) is 0 Å². The molecule has 148 valence electrons. The summed E-state index contributed by atoms with van der Waals surface area (Å²) < 4.78 is 16.8. The number of ketones is 1. The molecule has 27 heavy (non-hydrogen) atoms. The van der Waals surface area contributed by atoms with Crippen LogP contribution in [0, 0.1) is 5.41 Å². The summed E-state index contributed by atoms with van der Waals surface area (Å²) in [6.07, 6.45) is -0.0701. The van der Waals surface area contributed by atoms with Gasteiger partial charge in [-0.2, -0.15) is 0 Å². The van der Waals surface area contributed by atoms with Gasteiger partial charge in [-0.25, -0.2) is 0 Å². The zero-order chi connectivity index (χ0) is 20.6. The van der Waals surface area contributed by atoms with E-state index in [0.717, 1.165) is 0 Å². The van der Waals surface area contributed by atoms with Gasteiger partial charge in [-0.1, -0.05) is 15.9 Å². The molecule has 0 aliphatic heterocycles. The van der Waals surface area contributed by atoms with Crippen LogP contribution in [0.2, 0.25) is 0 Å². The second kappa shape index (κ2) is 10.7. The molecule has 0 amide bonds. The van der Waals surface area contributed by atoms with Gasteiger partial charge in [0.15, 0.2) is 17.3 Å². The van der Waals surface area contributed by atoms with E-state index in [2.05, 4.69) is 15.9 Å². The van der Waals surface area contributed by atoms with Crippen LogP contribution in [0.1, 0.15) is 33.3 Å². The monoisotopic (exact) mass is 441 g/mol. The fourth-order valence-electron chi connectivity index (χ4n) is 2.36. The first-order chi connectivity index (χ1) is 12.7. The van der Waals surface area contributed by atoms with Crippen molar-refractivity contribution in [2.45, 2.75) is 34.1 Å². The van der Waals surface area contributed by atoms with E-state index in [-0.39, 0.29) is 17.7 Å².